The Kier molecular flexibility index (Phi) is 3.14. The Hall–Kier alpha value is -0.900. The molecule has 1 aromatic heterocycles. The van der Waals surface area contributed by atoms with Gasteiger partial charge in [-0.2, -0.15) is 0 Å². The topological polar surface area (TPSA) is 12.9 Å². The van der Waals surface area contributed by atoms with E-state index in [1.165, 1.54) is 16.7 Å². The zero-order valence-corrected chi connectivity index (χ0v) is 9.81. The van der Waals surface area contributed by atoms with E-state index >= 15 is 0 Å². The zero-order chi connectivity index (χ0) is 9.80. The van der Waals surface area contributed by atoms with Gasteiger partial charge in [0.1, 0.15) is 0 Å². The van der Waals surface area contributed by atoms with Crippen molar-refractivity contribution in [1.29, 1.82) is 0 Å². The first-order valence-corrected chi connectivity index (χ1v) is 5.98. The van der Waals surface area contributed by atoms with Crippen LogP contribution in [0.15, 0.2) is 48.8 Å². The lowest BCUT2D eigenvalue weighted by Crippen LogP contribution is -1.85. The SMILES string of the molecule is ICc1ccccc1-c1ccncc1. The summed E-state index contributed by atoms with van der Waals surface area (Å²) in [6.45, 7) is 0. The maximum Gasteiger partial charge on any atom is 0.0273 e. The first-order chi connectivity index (χ1) is 6.92. The summed E-state index contributed by atoms with van der Waals surface area (Å²) in [7, 11) is 0. The average Bonchev–Trinajstić information content (AvgIpc) is 2.30. The van der Waals surface area contributed by atoms with E-state index in [9.17, 15) is 0 Å². The van der Waals surface area contributed by atoms with Gasteiger partial charge in [0, 0.05) is 16.8 Å². The number of pyridine rings is 1. The van der Waals surface area contributed by atoms with Crippen molar-refractivity contribution in [2.75, 3.05) is 0 Å². The van der Waals surface area contributed by atoms with E-state index in [0.717, 1.165) is 4.43 Å². The molecule has 0 unspecified atom stereocenters. The molecule has 0 aliphatic heterocycles. The quantitative estimate of drug-likeness (QED) is 0.608. The predicted octanol–water partition coefficient (Wildman–Crippen LogP) is 3.68. The summed E-state index contributed by atoms with van der Waals surface area (Å²) in [5.41, 5.74) is 3.93. The van der Waals surface area contributed by atoms with Gasteiger partial charge in [0.15, 0.2) is 0 Å². The highest BCUT2D eigenvalue weighted by Gasteiger charge is 2.01. The smallest absolute Gasteiger partial charge is 0.0273 e. The van der Waals surface area contributed by atoms with Crippen molar-refractivity contribution >= 4 is 22.6 Å². The second-order valence-corrected chi connectivity index (χ2v) is 3.79. The number of hydrogen-bond donors (Lipinski definition) is 0. The fraction of sp³-hybridized carbons (Fsp3) is 0.0833. The third-order valence-corrected chi connectivity index (χ3v) is 2.97. The number of rotatable bonds is 2. The summed E-state index contributed by atoms with van der Waals surface area (Å²) in [6, 6.07) is 12.6. The van der Waals surface area contributed by atoms with Crippen LogP contribution in [0.1, 0.15) is 5.56 Å². The monoisotopic (exact) mass is 295 g/mol. The van der Waals surface area contributed by atoms with E-state index < -0.39 is 0 Å². The van der Waals surface area contributed by atoms with Crippen molar-refractivity contribution in [3.8, 4) is 11.1 Å². The van der Waals surface area contributed by atoms with Gasteiger partial charge in [-0.1, -0.05) is 46.9 Å². The van der Waals surface area contributed by atoms with Gasteiger partial charge in [0.25, 0.3) is 0 Å². The minimum atomic E-state index is 1.04. The summed E-state index contributed by atoms with van der Waals surface area (Å²) in [5, 5.41) is 0. The molecule has 0 saturated carbocycles. The molecular weight excluding hydrogens is 285 g/mol. The molecule has 0 spiro atoms. The number of nitrogens with zero attached hydrogens (tertiary/aromatic N) is 1. The van der Waals surface area contributed by atoms with Crippen molar-refractivity contribution in [2.24, 2.45) is 0 Å². The minimum Gasteiger partial charge on any atom is -0.265 e. The lowest BCUT2D eigenvalue weighted by atomic mass is 10.0. The van der Waals surface area contributed by atoms with Gasteiger partial charge in [-0.3, -0.25) is 4.98 Å². The van der Waals surface area contributed by atoms with E-state index in [0.29, 0.717) is 0 Å². The first kappa shape index (κ1) is 9.65. The molecule has 0 amide bonds. The Bertz CT molecular complexity index is 412. The highest BCUT2D eigenvalue weighted by Crippen LogP contribution is 2.24. The van der Waals surface area contributed by atoms with Gasteiger partial charge < -0.3 is 0 Å². The van der Waals surface area contributed by atoms with Crippen molar-refractivity contribution in [3.63, 3.8) is 0 Å². The van der Waals surface area contributed by atoms with Gasteiger partial charge in [-0.25, -0.2) is 0 Å². The molecule has 14 heavy (non-hydrogen) atoms. The van der Waals surface area contributed by atoms with Crippen LogP contribution in [0.25, 0.3) is 11.1 Å². The molecule has 0 bridgehead atoms. The third-order valence-electron chi connectivity index (χ3n) is 2.15. The van der Waals surface area contributed by atoms with Crippen LogP contribution in [0.5, 0.6) is 0 Å². The standard InChI is InChI=1S/C12H10IN/c13-9-11-3-1-2-4-12(11)10-5-7-14-8-6-10/h1-8H,9H2. The van der Waals surface area contributed by atoms with E-state index in [1.807, 2.05) is 24.5 Å². The molecule has 2 heteroatoms. The normalized spacial score (nSPS) is 10.1. The summed E-state index contributed by atoms with van der Waals surface area (Å²) in [4.78, 5) is 4.02. The number of halogens is 1. The van der Waals surface area contributed by atoms with Crippen LogP contribution in [0.2, 0.25) is 0 Å². The van der Waals surface area contributed by atoms with Crippen LogP contribution in [0, 0.1) is 0 Å². The maximum atomic E-state index is 4.02. The summed E-state index contributed by atoms with van der Waals surface area (Å²) < 4.78 is 1.04. The van der Waals surface area contributed by atoms with Gasteiger partial charge in [0.05, 0.1) is 0 Å². The molecule has 0 atom stereocenters. The molecule has 0 aliphatic carbocycles. The molecule has 70 valence electrons. The van der Waals surface area contributed by atoms with Gasteiger partial charge in [-0.15, -0.1) is 0 Å². The first-order valence-electron chi connectivity index (χ1n) is 4.46. The van der Waals surface area contributed by atoms with Gasteiger partial charge in [-0.05, 0) is 28.8 Å². The second-order valence-electron chi connectivity index (χ2n) is 3.03. The third kappa shape index (κ3) is 1.95. The Morgan fingerprint density at radius 1 is 1.00 bits per heavy atom. The van der Waals surface area contributed by atoms with Crippen molar-refractivity contribution < 1.29 is 0 Å². The van der Waals surface area contributed by atoms with Crippen LogP contribution < -0.4 is 0 Å². The molecule has 1 nitrogen and oxygen atoms in total. The molecule has 0 saturated heterocycles. The van der Waals surface area contributed by atoms with Crippen molar-refractivity contribution in [1.82, 2.24) is 4.98 Å². The van der Waals surface area contributed by atoms with E-state index in [-0.39, 0.29) is 0 Å². The van der Waals surface area contributed by atoms with Crippen molar-refractivity contribution in [3.05, 3.63) is 54.4 Å². The van der Waals surface area contributed by atoms with Gasteiger partial charge >= 0.3 is 0 Å². The molecule has 0 aliphatic rings. The predicted molar refractivity (Wildman–Crippen MR) is 67.4 cm³/mol. The Balaban J connectivity index is 2.51. The molecule has 1 aromatic carbocycles. The van der Waals surface area contributed by atoms with E-state index in [2.05, 4.69) is 51.8 Å². The number of benzene rings is 1. The van der Waals surface area contributed by atoms with E-state index in [1.54, 1.807) is 0 Å². The Morgan fingerprint density at radius 3 is 2.43 bits per heavy atom. The summed E-state index contributed by atoms with van der Waals surface area (Å²) in [5.74, 6) is 0. The van der Waals surface area contributed by atoms with E-state index in [4.69, 9.17) is 0 Å². The fourth-order valence-electron chi connectivity index (χ4n) is 1.45. The molecule has 2 aromatic rings. The maximum absolute atomic E-state index is 4.02. The summed E-state index contributed by atoms with van der Waals surface area (Å²) in [6.07, 6.45) is 3.67. The van der Waals surface area contributed by atoms with Crippen molar-refractivity contribution in [2.45, 2.75) is 4.43 Å². The van der Waals surface area contributed by atoms with Crippen LogP contribution >= 0.6 is 22.6 Å². The Morgan fingerprint density at radius 2 is 1.71 bits per heavy atom. The second kappa shape index (κ2) is 4.55. The minimum absolute atomic E-state index is 1.04. The van der Waals surface area contributed by atoms with Crippen LogP contribution in [0.4, 0.5) is 0 Å². The lowest BCUT2D eigenvalue weighted by molar-refractivity contribution is 1.32. The number of hydrogen-bond acceptors (Lipinski definition) is 1. The molecule has 0 radical (unpaired) electrons. The van der Waals surface area contributed by atoms with Crippen LogP contribution in [-0.2, 0) is 4.43 Å². The highest BCUT2D eigenvalue weighted by molar-refractivity contribution is 14.1. The summed E-state index contributed by atoms with van der Waals surface area (Å²) >= 11 is 2.39. The number of aromatic nitrogens is 1. The van der Waals surface area contributed by atoms with Crippen LogP contribution in [0.3, 0.4) is 0 Å². The Labute approximate surface area is 97.3 Å². The largest absolute Gasteiger partial charge is 0.265 e. The highest BCUT2D eigenvalue weighted by atomic mass is 127. The van der Waals surface area contributed by atoms with Crippen LogP contribution in [-0.4, -0.2) is 4.98 Å². The zero-order valence-electron chi connectivity index (χ0n) is 7.65. The average molecular weight is 295 g/mol. The van der Waals surface area contributed by atoms with Gasteiger partial charge in [0.2, 0.25) is 0 Å². The molecular formula is C12H10IN. The molecule has 0 fully saturated rings. The fourth-order valence-corrected chi connectivity index (χ4v) is 2.12. The molecule has 0 N–H and O–H groups in total. The molecule has 1 heterocycles. The lowest BCUT2D eigenvalue weighted by Gasteiger charge is -2.05. The molecule has 2 rings (SSSR count). The number of alkyl halides is 1.